The molecule has 1 aliphatic heterocycles. The molecule has 1 amide bonds. The van der Waals surface area contributed by atoms with Crippen LogP contribution < -0.4 is 5.32 Å². The van der Waals surface area contributed by atoms with Crippen LogP contribution in [0.3, 0.4) is 0 Å². The van der Waals surface area contributed by atoms with E-state index in [1.54, 1.807) is 0 Å². The van der Waals surface area contributed by atoms with E-state index in [9.17, 15) is 9.59 Å². The van der Waals surface area contributed by atoms with Crippen molar-refractivity contribution in [2.45, 2.75) is 32.2 Å². The van der Waals surface area contributed by atoms with Gasteiger partial charge in [0, 0.05) is 16.9 Å². The van der Waals surface area contributed by atoms with E-state index in [1.165, 1.54) is 13.5 Å². The van der Waals surface area contributed by atoms with Crippen molar-refractivity contribution >= 4 is 28.5 Å². The maximum Gasteiger partial charge on any atom is 0.356 e. The molecule has 2 aromatic rings. The average molecular weight is 329 g/mol. The number of aromatic nitrogens is 1. The van der Waals surface area contributed by atoms with Crippen LogP contribution in [0.4, 0.5) is 5.69 Å². The standard InChI is InChI=1S/C18H23N3O3/c1-12-7-5-6-10-21(12)11-15(22)20-16-13-8-3-4-9-14(13)19-17(16)18(23)24-2/h3-4,8-9,12,19H,5-7,10-11H2,1-2H3,(H,20,22)/t12-/m0/s1. The Bertz CT molecular complexity index is 753. The second kappa shape index (κ2) is 7.05. The fourth-order valence-corrected chi connectivity index (χ4v) is 3.28. The number of amides is 1. The highest BCUT2D eigenvalue weighted by Gasteiger charge is 2.23. The van der Waals surface area contributed by atoms with Crippen molar-refractivity contribution in [3.05, 3.63) is 30.0 Å². The van der Waals surface area contributed by atoms with Crippen LogP contribution in [0.15, 0.2) is 24.3 Å². The Balaban J connectivity index is 1.83. The van der Waals surface area contributed by atoms with Crippen molar-refractivity contribution in [1.82, 2.24) is 9.88 Å². The van der Waals surface area contributed by atoms with Gasteiger partial charge in [-0.3, -0.25) is 9.69 Å². The monoisotopic (exact) mass is 329 g/mol. The van der Waals surface area contributed by atoms with Gasteiger partial charge in [0.25, 0.3) is 0 Å². The van der Waals surface area contributed by atoms with Crippen LogP contribution in [-0.4, -0.2) is 48.0 Å². The molecule has 6 heteroatoms. The minimum absolute atomic E-state index is 0.112. The number of likely N-dealkylation sites (tertiary alicyclic amines) is 1. The number of nitrogens with zero attached hydrogens (tertiary/aromatic N) is 1. The molecule has 1 aromatic heterocycles. The summed E-state index contributed by atoms with van der Waals surface area (Å²) in [5.74, 6) is -0.605. The molecule has 0 bridgehead atoms. The summed E-state index contributed by atoms with van der Waals surface area (Å²) in [7, 11) is 1.33. The third-order valence-electron chi connectivity index (χ3n) is 4.65. The third-order valence-corrected chi connectivity index (χ3v) is 4.65. The Hall–Kier alpha value is -2.34. The number of nitrogens with one attached hydrogen (secondary N) is 2. The van der Waals surface area contributed by atoms with Crippen LogP contribution in [0, 0.1) is 0 Å². The van der Waals surface area contributed by atoms with Crippen molar-refractivity contribution in [2.75, 3.05) is 25.5 Å². The van der Waals surface area contributed by atoms with Crippen molar-refractivity contribution in [3.63, 3.8) is 0 Å². The van der Waals surface area contributed by atoms with Gasteiger partial charge in [-0.25, -0.2) is 4.79 Å². The number of hydrogen-bond acceptors (Lipinski definition) is 4. The zero-order valence-electron chi connectivity index (χ0n) is 14.1. The van der Waals surface area contributed by atoms with Crippen LogP contribution in [0.5, 0.6) is 0 Å². The van der Waals surface area contributed by atoms with Gasteiger partial charge in [0.05, 0.1) is 19.3 Å². The number of piperidine rings is 1. The highest BCUT2D eigenvalue weighted by Crippen LogP contribution is 2.28. The van der Waals surface area contributed by atoms with Gasteiger partial charge in [-0.1, -0.05) is 24.6 Å². The molecule has 0 spiro atoms. The first-order chi connectivity index (χ1) is 11.6. The largest absolute Gasteiger partial charge is 0.464 e. The van der Waals surface area contributed by atoms with E-state index in [-0.39, 0.29) is 11.6 Å². The van der Waals surface area contributed by atoms with Gasteiger partial charge < -0.3 is 15.0 Å². The number of rotatable bonds is 4. The average Bonchev–Trinajstić information content (AvgIpc) is 2.95. The Morgan fingerprint density at radius 3 is 2.88 bits per heavy atom. The SMILES string of the molecule is COC(=O)c1[nH]c2ccccc2c1NC(=O)CN1CCCC[C@@H]1C. The molecule has 0 aliphatic carbocycles. The van der Waals surface area contributed by atoms with Crippen molar-refractivity contribution < 1.29 is 14.3 Å². The number of fused-ring (bicyclic) bond motifs is 1. The molecule has 1 atom stereocenters. The summed E-state index contributed by atoms with van der Waals surface area (Å²) < 4.78 is 4.82. The van der Waals surface area contributed by atoms with Crippen molar-refractivity contribution in [3.8, 4) is 0 Å². The van der Waals surface area contributed by atoms with Crippen molar-refractivity contribution in [1.29, 1.82) is 0 Å². The molecule has 0 unspecified atom stereocenters. The molecule has 0 saturated carbocycles. The van der Waals surface area contributed by atoms with E-state index in [4.69, 9.17) is 4.74 Å². The van der Waals surface area contributed by atoms with E-state index in [1.807, 2.05) is 24.3 Å². The molecule has 128 valence electrons. The second-order valence-corrected chi connectivity index (χ2v) is 6.28. The van der Waals surface area contributed by atoms with E-state index < -0.39 is 5.97 Å². The van der Waals surface area contributed by atoms with E-state index in [0.29, 0.717) is 18.3 Å². The Kier molecular flexibility index (Phi) is 4.85. The number of ether oxygens (including phenoxy) is 1. The minimum atomic E-state index is -0.493. The topological polar surface area (TPSA) is 74.4 Å². The number of carbonyl (C=O) groups is 2. The van der Waals surface area contributed by atoms with Crippen molar-refractivity contribution in [2.24, 2.45) is 0 Å². The summed E-state index contributed by atoms with van der Waals surface area (Å²) in [5, 5.41) is 3.71. The van der Waals surface area contributed by atoms with Gasteiger partial charge in [0.1, 0.15) is 5.69 Å². The maximum atomic E-state index is 12.5. The summed E-state index contributed by atoms with van der Waals surface area (Å²) in [4.78, 5) is 29.7. The lowest BCUT2D eigenvalue weighted by Crippen LogP contribution is -2.42. The Morgan fingerprint density at radius 1 is 1.33 bits per heavy atom. The number of carbonyl (C=O) groups excluding carboxylic acids is 2. The lowest BCUT2D eigenvalue weighted by molar-refractivity contribution is -0.118. The van der Waals surface area contributed by atoms with Gasteiger partial charge >= 0.3 is 5.97 Å². The summed E-state index contributed by atoms with van der Waals surface area (Å²) in [6.07, 6.45) is 3.46. The van der Waals surface area contributed by atoms with Gasteiger partial charge in [-0.05, 0) is 32.4 Å². The minimum Gasteiger partial charge on any atom is -0.464 e. The van der Waals surface area contributed by atoms with Crippen LogP contribution in [0.25, 0.3) is 10.9 Å². The van der Waals surface area contributed by atoms with Gasteiger partial charge in [0.15, 0.2) is 0 Å². The van der Waals surface area contributed by atoms with Gasteiger partial charge in [-0.2, -0.15) is 0 Å². The van der Waals surface area contributed by atoms with E-state index >= 15 is 0 Å². The zero-order valence-corrected chi connectivity index (χ0v) is 14.1. The predicted molar refractivity (Wildman–Crippen MR) is 93.2 cm³/mol. The lowest BCUT2D eigenvalue weighted by atomic mass is 10.0. The summed E-state index contributed by atoms with van der Waals surface area (Å²) in [6, 6.07) is 7.90. The summed E-state index contributed by atoms with van der Waals surface area (Å²) in [5.41, 5.74) is 1.56. The first-order valence-corrected chi connectivity index (χ1v) is 8.33. The maximum absolute atomic E-state index is 12.5. The number of aromatic amines is 1. The molecule has 6 nitrogen and oxygen atoms in total. The molecular formula is C18H23N3O3. The molecule has 0 radical (unpaired) electrons. The number of para-hydroxylation sites is 1. The smallest absolute Gasteiger partial charge is 0.356 e. The van der Waals surface area contributed by atoms with Gasteiger partial charge in [-0.15, -0.1) is 0 Å². The van der Waals surface area contributed by atoms with E-state index in [2.05, 4.69) is 22.1 Å². The number of methoxy groups -OCH3 is 1. The number of anilines is 1. The lowest BCUT2D eigenvalue weighted by Gasteiger charge is -2.32. The molecule has 1 saturated heterocycles. The third kappa shape index (κ3) is 3.28. The van der Waals surface area contributed by atoms with Crippen LogP contribution in [0.1, 0.15) is 36.7 Å². The molecular weight excluding hydrogens is 306 g/mol. The first-order valence-electron chi connectivity index (χ1n) is 8.33. The number of H-pyrrole nitrogens is 1. The first kappa shape index (κ1) is 16.5. The van der Waals surface area contributed by atoms with Crippen LogP contribution in [-0.2, 0) is 9.53 Å². The summed E-state index contributed by atoms with van der Waals surface area (Å²) in [6.45, 7) is 3.42. The van der Waals surface area contributed by atoms with Crippen LogP contribution >= 0.6 is 0 Å². The molecule has 1 aromatic carbocycles. The quantitative estimate of drug-likeness (QED) is 0.846. The molecule has 2 heterocycles. The van der Waals surface area contributed by atoms with Gasteiger partial charge in [0.2, 0.25) is 5.91 Å². The molecule has 2 N–H and O–H groups in total. The highest BCUT2D eigenvalue weighted by atomic mass is 16.5. The van der Waals surface area contributed by atoms with Crippen LogP contribution in [0.2, 0.25) is 0 Å². The molecule has 1 aliphatic rings. The zero-order chi connectivity index (χ0) is 17.1. The number of esters is 1. The Labute approximate surface area is 141 Å². The molecule has 3 rings (SSSR count). The fourth-order valence-electron chi connectivity index (χ4n) is 3.28. The molecule has 1 fully saturated rings. The van der Waals surface area contributed by atoms with E-state index in [0.717, 1.165) is 30.3 Å². The fraction of sp³-hybridized carbons (Fsp3) is 0.444. The highest BCUT2D eigenvalue weighted by molar-refractivity contribution is 6.11. The predicted octanol–water partition coefficient (Wildman–Crippen LogP) is 2.77. The number of benzene rings is 1. The molecule has 24 heavy (non-hydrogen) atoms. The second-order valence-electron chi connectivity index (χ2n) is 6.28. The number of hydrogen-bond donors (Lipinski definition) is 2. The Morgan fingerprint density at radius 2 is 2.12 bits per heavy atom. The normalized spacial score (nSPS) is 18.5. The summed E-state index contributed by atoms with van der Waals surface area (Å²) >= 11 is 0.